The molecule has 0 aliphatic heterocycles. The first-order valence-electron chi connectivity index (χ1n) is 8.10. The summed E-state index contributed by atoms with van der Waals surface area (Å²) in [5, 5.41) is 4.66. The number of rotatable bonds is 7. The van der Waals surface area contributed by atoms with Crippen LogP contribution in [0.2, 0.25) is 0 Å². The molecule has 1 heterocycles. The summed E-state index contributed by atoms with van der Waals surface area (Å²) in [7, 11) is 2.06. The minimum Gasteiger partial charge on any atom is -0.346 e. The number of nitrogens with one attached hydrogen (secondary N) is 1. The van der Waals surface area contributed by atoms with Crippen molar-refractivity contribution in [1.82, 2.24) is 10.3 Å². The second kappa shape index (κ2) is 7.41. The van der Waals surface area contributed by atoms with Crippen molar-refractivity contribution in [1.29, 1.82) is 0 Å². The van der Waals surface area contributed by atoms with Crippen LogP contribution in [0.1, 0.15) is 69.5 Å². The highest BCUT2D eigenvalue weighted by atomic mass is 32.1. The number of nitrogens with zero attached hydrogens (tertiary/aromatic N) is 2. The molecule has 1 aliphatic rings. The lowest BCUT2D eigenvalue weighted by atomic mass is 9.98. The van der Waals surface area contributed by atoms with Crippen LogP contribution < -0.4 is 10.2 Å². The lowest BCUT2D eigenvalue weighted by molar-refractivity contribution is 0.489. The van der Waals surface area contributed by atoms with Gasteiger partial charge in [0, 0.05) is 17.5 Å². The smallest absolute Gasteiger partial charge is 0.186 e. The molecule has 2 rings (SSSR count). The molecule has 1 aliphatic carbocycles. The zero-order valence-electron chi connectivity index (χ0n) is 13.4. The predicted octanol–water partition coefficient (Wildman–Crippen LogP) is 4.14. The Balaban J connectivity index is 2.15. The summed E-state index contributed by atoms with van der Waals surface area (Å²) in [6, 6.07) is 1.00. The molecule has 0 saturated carbocycles. The Morgan fingerprint density at radius 3 is 2.85 bits per heavy atom. The molecule has 4 heteroatoms. The fraction of sp³-hybridized carbons (Fsp3) is 0.812. The second-order valence-electron chi connectivity index (χ2n) is 6.03. The van der Waals surface area contributed by atoms with Crippen molar-refractivity contribution in [2.24, 2.45) is 0 Å². The molecule has 20 heavy (non-hydrogen) atoms. The van der Waals surface area contributed by atoms with Crippen molar-refractivity contribution in [3.05, 3.63) is 10.6 Å². The van der Waals surface area contributed by atoms with E-state index in [2.05, 4.69) is 38.0 Å². The van der Waals surface area contributed by atoms with E-state index in [-0.39, 0.29) is 0 Å². The molecular weight excluding hydrogens is 266 g/mol. The first-order chi connectivity index (χ1) is 9.67. The largest absolute Gasteiger partial charge is 0.346 e. The third-order valence-corrected chi connectivity index (χ3v) is 5.33. The Morgan fingerprint density at radius 1 is 1.40 bits per heavy atom. The molecule has 1 atom stereocenters. The molecule has 1 aromatic rings. The number of fused-ring (bicyclic) bond motifs is 1. The fourth-order valence-corrected chi connectivity index (χ4v) is 4.24. The number of aryl methyl sites for hydroxylation is 1. The molecular formula is C16H29N3S. The van der Waals surface area contributed by atoms with Crippen molar-refractivity contribution in [3.63, 3.8) is 0 Å². The Hall–Kier alpha value is -0.610. The molecule has 1 N–H and O–H groups in total. The summed E-state index contributed by atoms with van der Waals surface area (Å²) in [5.41, 5.74) is 1.32. The summed E-state index contributed by atoms with van der Waals surface area (Å²) in [6.45, 7) is 7.96. The molecule has 0 aromatic carbocycles. The number of hydrogen-bond acceptors (Lipinski definition) is 4. The van der Waals surface area contributed by atoms with E-state index >= 15 is 0 Å². The van der Waals surface area contributed by atoms with Crippen LogP contribution in [0, 0.1) is 0 Å². The van der Waals surface area contributed by atoms with E-state index in [4.69, 9.17) is 4.98 Å². The van der Waals surface area contributed by atoms with Gasteiger partial charge in [-0.3, -0.25) is 0 Å². The first-order valence-corrected chi connectivity index (χ1v) is 8.92. The highest BCUT2D eigenvalue weighted by Gasteiger charge is 2.25. The maximum Gasteiger partial charge on any atom is 0.186 e. The zero-order chi connectivity index (χ0) is 14.5. The van der Waals surface area contributed by atoms with Crippen LogP contribution in [-0.2, 0) is 6.42 Å². The van der Waals surface area contributed by atoms with Gasteiger partial charge in [0.05, 0.1) is 11.7 Å². The summed E-state index contributed by atoms with van der Waals surface area (Å²) in [6.07, 6.45) is 7.60. The summed E-state index contributed by atoms with van der Waals surface area (Å²) >= 11 is 1.92. The normalized spacial score (nSPS) is 18.4. The molecule has 1 aromatic heterocycles. The predicted molar refractivity (Wildman–Crippen MR) is 88.9 cm³/mol. The topological polar surface area (TPSA) is 28.2 Å². The van der Waals surface area contributed by atoms with E-state index in [1.165, 1.54) is 54.2 Å². The van der Waals surface area contributed by atoms with Gasteiger partial charge in [0.2, 0.25) is 0 Å². The van der Waals surface area contributed by atoms with E-state index in [9.17, 15) is 0 Å². The Bertz CT molecular complexity index is 414. The van der Waals surface area contributed by atoms with Gasteiger partial charge in [-0.1, -0.05) is 19.8 Å². The van der Waals surface area contributed by atoms with Gasteiger partial charge in [-0.15, -0.1) is 11.3 Å². The van der Waals surface area contributed by atoms with Crippen molar-refractivity contribution in [2.75, 3.05) is 18.5 Å². The SMILES string of the molecule is CCCCCN(c1nc2c(s1)CCCC2NC)C(C)C. The van der Waals surface area contributed by atoms with Crippen LogP contribution in [0.15, 0.2) is 0 Å². The first kappa shape index (κ1) is 15.8. The van der Waals surface area contributed by atoms with Gasteiger partial charge >= 0.3 is 0 Å². The van der Waals surface area contributed by atoms with E-state index in [0.29, 0.717) is 12.1 Å². The average molecular weight is 295 g/mol. The minimum atomic E-state index is 0.466. The van der Waals surface area contributed by atoms with Gasteiger partial charge in [0.15, 0.2) is 5.13 Å². The molecule has 0 spiro atoms. The van der Waals surface area contributed by atoms with Crippen molar-refractivity contribution in [2.45, 2.75) is 71.4 Å². The molecule has 0 radical (unpaired) electrons. The second-order valence-corrected chi connectivity index (χ2v) is 7.09. The molecule has 114 valence electrons. The molecule has 3 nitrogen and oxygen atoms in total. The van der Waals surface area contributed by atoms with Crippen LogP contribution in [0.25, 0.3) is 0 Å². The molecule has 1 unspecified atom stereocenters. The lowest BCUT2D eigenvalue weighted by Gasteiger charge is -2.26. The van der Waals surface area contributed by atoms with Gasteiger partial charge in [0.25, 0.3) is 0 Å². The Morgan fingerprint density at radius 2 is 2.20 bits per heavy atom. The maximum absolute atomic E-state index is 4.99. The van der Waals surface area contributed by atoms with Gasteiger partial charge < -0.3 is 10.2 Å². The number of anilines is 1. The number of thiazole rings is 1. The Kier molecular flexibility index (Phi) is 5.85. The monoisotopic (exact) mass is 295 g/mol. The van der Waals surface area contributed by atoms with Gasteiger partial charge in [-0.05, 0) is 46.6 Å². The number of aromatic nitrogens is 1. The van der Waals surface area contributed by atoms with Gasteiger partial charge in [-0.2, -0.15) is 0 Å². The van der Waals surface area contributed by atoms with Crippen LogP contribution >= 0.6 is 11.3 Å². The van der Waals surface area contributed by atoms with Crippen LogP contribution in [-0.4, -0.2) is 24.6 Å². The van der Waals surface area contributed by atoms with Gasteiger partial charge in [0.1, 0.15) is 0 Å². The molecule has 0 amide bonds. The van der Waals surface area contributed by atoms with E-state index < -0.39 is 0 Å². The van der Waals surface area contributed by atoms with Crippen LogP contribution in [0.3, 0.4) is 0 Å². The van der Waals surface area contributed by atoms with Crippen molar-refractivity contribution >= 4 is 16.5 Å². The van der Waals surface area contributed by atoms with E-state index in [1.807, 2.05) is 11.3 Å². The maximum atomic E-state index is 4.99. The number of hydrogen-bond donors (Lipinski definition) is 1. The lowest BCUT2D eigenvalue weighted by Crippen LogP contribution is -2.31. The third-order valence-electron chi connectivity index (χ3n) is 4.16. The van der Waals surface area contributed by atoms with Crippen LogP contribution in [0.5, 0.6) is 0 Å². The van der Waals surface area contributed by atoms with Crippen molar-refractivity contribution < 1.29 is 0 Å². The zero-order valence-corrected chi connectivity index (χ0v) is 14.2. The molecule has 0 saturated heterocycles. The highest BCUT2D eigenvalue weighted by molar-refractivity contribution is 7.15. The van der Waals surface area contributed by atoms with Crippen LogP contribution in [0.4, 0.5) is 5.13 Å². The van der Waals surface area contributed by atoms with E-state index in [1.54, 1.807) is 0 Å². The summed E-state index contributed by atoms with van der Waals surface area (Å²) in [5.74, 6) is 0. The van der Waals surface area contributed by atoms with Crippen molar-refractivity contribution in [3.8, 4) is 0 Å². The highest BCUT2D eigenvalue weighted by Crippen LogP contribution is 2.37. The number of unbranched alkanes of at least 4 members (excludes halogenated alkanes) is 2. The van der Waals surface area contributed by atoms with Gasteiger partial charge in [-0.25, -0.2) is 4.98 Å². The van der Waals surface area contributed by atoms with E-state index in [0.717, 1.165) is 6.54 Å². The standard InChI is InChI=1S/C16H29N3S/c1-5-6-7-11-19(12(2)3)16-18-15-13(17-4)9-8-10-14(15)20-16/h12-13,17H,5-11H2,1-4H3. The fourth-order valence-electron chi connectivity index (χ4n) is 2.92. The third kappa shape index (κ3) is 3.53. The molecule has 0 fully saturated rings. The molecule has 0 bridgehead atoms. The summed E-state index contributed by atoms with van der Waals surface area (Å²) < 4.78 is 0. The minimum absolute atomic E-state index is 0.466. The quantitative estimate of drug-likeness (QED) is 0.766. The average Bonchev–Trinajstić information content (AvgIpc) is 2.86. The summed E-state index contributed by atoms with van der Waals surface area (Å²) in [4.78, 5) is 8.98. The Labute approximate surface area is 127 Å².